The zero-order valence-electron chi connectivity index (χ0n) is 10.1. The van der Waals surface area contributed by atoms with E-state index in [0.717, 1.165) is 17.0 Å². The largest absolute Gasteiger partial charge is 0.319 e. The fourth-order valence-electron chi connectivity index (χ4n) is 2.00. The molecule has 0 bridgehead atoms. The molecule has 0 aliphatic carbocycles. The van der Waals surface area contributed by atoms with Crippen molar-refractivity contribution in [2.45, 2.75) is 26.8 Å². The van der Waals surface area contributed by atoms with Gasteiger partial charge in [-0.3, -0.25) is 4.68 Å². The van der Waals surface area contributed by atoms with Crippen LogP contribution in [-0.2, 0) is 7.05 Å². The third kappa shape index (κ3) is 1.79. The Morgan fingerprint density at radius 2 is 2.00 bits per heavy atom. The lowest BCUT2D eigenvalue weighted by Gasteiger charge is -2.10. The Balaban J connectivity index is 2.44. The predicted octanol–water partition coefficient (Wildman–Crippen LogP) is 2.45. The summed E-state index contributed by atoms with van der Waals surface area (Å²) in [6.07, 6.45) is 0. The summed E-state index contributed by atoms with van der Waals surface area (Å²) >= 11 is 1.76. The highest BCUT2D eigenvalue weighted by Gasteiger charge is 2.19. The molecule has 1 atom stereocenters. The van der Waals surface area contributed by atoms with E-state index in [0.29, 0.717) is 0 Å². The molecular weight excluding hydrogens is 218 g/mol. The first-order chi connectivity index (χ1) is 7.50. The monoisotopic (exact) mass is 235 g/mol. The second-order valence-electron chi connectivity index (χ2n) is 4.13. The highest BCUT2D eigenvalue weighted by Crippen LogP contribution is 2.29. The van der Waals surface area contributed by atoms with E-state index >= 15 is 0 Å². The SMILES string of the molecule is Cc1ccc(C(N)c2c(C)nn(C)c2C)s1. The van der Waals surface area contributed by atoms with E-state index < -0.39 is 0 Å². The zero-order valence-corrected chi connectivity index (χ0v) is 10.9. The second kappa shape index (κ2) is 4.03. The van der Waals surface area contributed by atoms with Crippen LogP contribution in [0.1, 0.15) is 32.7 Å². The molecule has 3 nitrogen and oxygen atoms in total. The Labute approximate surface area is 99.9 Å². The van der Waals surface area contributed by atoms with Crippen molar-refractivity contribution in [1.82, 2.24) is 9.78 Å². The van der Waals surface area contributed by atoms with E-state index in [9.17, 15) is 0 Å². The molecule has 0 radical (unpaired) electrons. The summed E-state index contributed by atoms with van der Waals surface area (Å²) in [5, 5.41) is 4.41. The number of rotatable bonds is 2. The molecule has 0 spiro atoms. The average molecular weight is 235 g/mol. The van der Waals surface area contributed by atoms with Gasteiger partial charge < -0.3 is 5.73 Å². The minimum atomic E-state index is -0.0487. The van der Waals surface area contributed by atoms with Gasteiger partial charge in [-0.1, -0.05) is 0 Å². The number of hydrogen-bond donors (Lipinski definition) is 1. The van der Waals surface area contributed by atoms with Crippen LogP contribution in [0, 0.1) is 20.8 Å². The number of hydrogen-bond acceptors (Lipinski definition) is 3. The average Bonchev–Trinajstić information content (AvgIpc) is 2.73. The minimum Gasteiger partial charge on any atom is -0.319 e. The van der Waals surface area contributed by atoms with Crippen molar-refractivity contribution in [3.05, 3.63) is 38.8 Å². The lowest BCUT2D eigenvalue weighted by atomic mass is 10.0. The fourth-order valence-corrected chi connectivity index (χ4v) is 2.89. The van der Waals surface area contributed by atoms with E-state index in [1.165, 1.54) is 9.75 Å². The van der Waals surface area contributed by atoms with Crippen LogP contribution in [0.15, 0.2) is 12.1 Å². The molecule has 2 aromatic heterocycles. The molecule has 0 aliphatic heterocycles. The summed E-state index contributed by atoms with van der Waals surface area (Å²) in [5.74, 6) is 0. The molecule has 86 valence electrons. The lowest BCUT2D eigenvalue weighted by Crippen LogP contribution is -2.12. The van der Waals surface area contributed by atoms with Crippen molar-refractivity contribution in [3.8, 4) is 0 Å². The van der Waals surface area contributed by atoms with E-state index in [-0.39, 0.29) is 6.04 Å². The van der Waals surface area contributed by atoms with Gasteiger partial charge in [-0.2, -0.15) is 5.10 Å². The van der Waals surface area contributed by atoms with Gasteiger partial charge in [0.25, 0.3) is 0 Å². The maximum absolute atomic E-state index is 6.30. The molecule has 2 rings (SSSR count). The highest BCUT2D eigenvalue weighted by molar-refractivity contribution is 7.12. The van der Waals surface area contributed by atoms with Gasteiger partial charge in [0.2, 0.25) is 0 Å². The smallest absolute Gasteiger partial charge is 0.0682 e. The van der Waals surface area contributed by atoms with E-state index in [2.05, 4.69) is 31.1 Å². The quantitative estimate of drug-likeness (QED) is 0.869. The summed E-state index contributed by atoms with van der Waals surface area (Å²) in [4.78, 5) is 2.50. The Kier molecular flexibility index (Phi) is 2.86. The third-order valence-corrected chi connectivity index (χ3v) is 4.03. The minimum absolute atomic E-state index is 0.0487. The summed E-state index contributed by atoms with van der Waals surface area (Å²) in [5.41, 5.74) is 9.63. The Morgan fingerprint density at radius 3 is 2.44 bits per heavy atom. The van der Waals surface area contributed by atoms with Crippen LogP contribution >= 0.6 is 11.3 Å². The van der Waals surface area contributed by atoms with Crippen molar-refractivity contribution in [2.24, 2.45) is 12.8 Å². The second-order valence-corrected chi connectivity index (χ2v) is 5.45. The van der Waals surface area contributed by atoms with Gasteiger partial charge in [-0.05, 0) is 32.9 Å². The maximum Gasteiger partial charge on any atom is 0.0682 e. The zero-order chi connectivity index (χ0) is 11.9. The van der Waals surface area contributed by atoms with Crippen LogP contribution in [0.4, 0.5) is 0 Å². The van der Waals surface area contributed by atoms with Crippen LogP contribution in [0.3, 0.4) is 0 Å². The van der Waals surface area contributed by atoms with E-state index in [1.807, 2.05) is 18.7 Å². The molecule has 2 N–H and O–H groups in total. The molecular formula is C12H17N3S. The van der Waals surface area contributed by atoms with Gasteiger partial charge in [0, 0.05) is 28.1 Å². The first kappa shape index (κ1) is 11.4. The van der Waals surface area contributed by atoms with Crippen LogP contribution in [-0.4, -0.2) is 9.78 Å². The fraction of sp³-hybridized carbons (Fsp3) is 0.417. The van der Waals surface area contributed by atoms with Crippen molar-refractivity contribution in [3.63, 3.8) is 0 Å². The van der Waals surface area contributed by atoms with Gasteiger partial charge >= 0.3 is 0 Å². The standard InChI is InChI=1S/C12H17N3S/c1-7-5-6-10(16-7)12(13)11-8(2)14-15(4)9(11)3/h5-6,12H,13H2,1-4H3. The van der Waals surface area contributed by atoms with Crippen molar-refractivity contribution in [2.75, 3.05) is 0 Å². The van der Waals surface area contributed by atoms with Crippen LogP contribution in [0.5, 0.6) is 0 Å². The summed E-state index contributed by atoms with van der Waals surface area (Å²) in [6, 6.07) is 4.17. The number of thiophene rings is 1. The van der Waals surface area contributed by atoms with Gasteiger partial charge in [0.1, 0.15) is 0 Å². The van der Waals surface area contributed by atoms with Gasteiger partial charge in [-0.25, -0.2) is 0 Å². The molecule has 0 saturated heterocycles. The molecule has 0 aliphatic rings. The molecule has 0 aromatic carbocycles. The Hall–Kier alpha value is -1.13. The van der Waals surface area contributed by atoms with E-state index in [1.54, 1.807) is 11.3 Å². The normalized spacial score (nSPS) is 13.1. The van der Waals surface area contributed by atoms with Gasteiger partial charge in [0.15, 0.2) is 0 Å². The molecule has 0 saturated carbocycles. The number of aryl methyl sites for hydroxylation is 3. The molecule has 2 aromatic rings. The van der Waals surface area contributed by atoms with Crippen molar-refractivity contribution >= 4 is 11.3 Å². The topological polar surface area (TPSA) is 43.8 Å². The Morgan fingerprint density at radius 1 is 1.31 bits per heavy atom. The van der Waals surface area contributed by atoms with Crippen LogP contribution < -0.4 is 5.73 Å². The summed E-state index contributed by atoms with van der Waals surface area (Å²) in [6.45, 7) is 6.18. The van der Waals surface area contributed by atoms with Gasteiger partial charge in [-0.15, -0.1) is 11.3 Å². The molecule has 1 unspecified atom stereocenters. The lowest BCUT2D eigenvalue weighted by molar-refractivity contribution is 0.728. The van der Waals surface area contributed by atoms with Gasteiger partial charge in [0.05, 0.1) is 11.7 Å². The first-order valence-electron chi connectivity index (χ1n) is 5.32. The molecule has 4 heteroatoms. The Bertz CT molecular complexity index is 510. The molecule has 0 fully saturated rings. The van der Waals surface area contributed by atoms with Crippen molar-refractivity contribution in [1.29, 1.82) is 0 Å². The number of nitrogens with two attached hydrogens (primary N) is 1. The predicted molar refractivity (Wildman–Crippen MR) is 67.8 cm³/mol. The third-order valence-electron chi connectivity index (χ3n) is 2.94. The molecule has 2 heterocycles. The number of aromatic nitrogens is 2. The first-order valence-corrected chi connectivity index (χ1v) is 6.14. The van der Waals surface area contributed by atoms with E-state index in [4.69, 9.17) is 5.73 Å². The number of nitrogens with zero attached hydrogens (tertiary/aromatic N) is 2. The summed E-state index contributed by atoms with van der Waals surface area (Å²) in [7, 11) is 1.96. The highest BCUT2D eigenvalue weighted by atomic mass is 32.1. The van der Waals surface area contributed by atoms with Crippen LogP contribution in [0.2, 0.25) is 0 Å². The molecule has 16 heavy (non-hydrogen) atoms. The van der Waals surface area contributed by atoms with Crippen molar-refractivity contribution < 1.29 is 0 Å². The van der Waals surface area contributed by atoms with Crippen LogP contribution in [0.25, 0.3) is 0 Å². The summed E-state index contributed by atoms with van der Waals surface area (Å²) < 4.78 is 1.89. The maximum atomic E-state index is 6.30. The molecule has 0 amide bonds.